The maximum atomic E-state index is 11.0. The third-order valence-corrected chi connectivity index (χ3v) is 1.55. The van der Waals surface area contributed by atoms with Gasteiger partial charge < -0.3 is 14.6 Å². The molecular formula is C10H20O4. The molecule has 1 unspecified atom stereocenters. The molecule has 0 amide bonds. The number of rotatable bonds is 7. The minimum Gasteiger partial charge on any atom is -0.463 e. The molecule has 1 N–H and O–H groups in total. The summed E-state index contributed by atoms with van der Waals surface area (Å²) >= 11 is 0. The Kier molecular flexibility index (Phi) is 7.42. The van der Waals surface area contributed by atoms with E-state index in [2.05, 4.69) is 0 Å². The highest BCUT2D eigenvalue weighted by Crippen LogP contribution is 1.97. The van der Waals surface area contributed by atoms with E-state index >= 15 is 0 Å². The van der Waals surface area contributed by atoms with Gasteiger partial charge in [0.15, 0.2) is 0 Å². The minimum atomic E-state index is -0.718. The van der Waals surface area contributed by atoms with Gasteiger partial charge in [-0.2, -0.15) is 0 Å². The second-order valence-electron chi connectivity index (χ2n) is 3.51. The molecule has 0 saturated heterocycles. The van der Waals surface area contributed by atoms with E-state index in [9.17, 15) is 9.90 Å². The van der Waals surface area contributed by atoms with E-state index < -0.39 is 6.10 Å². The molecule has 0 radical (unpaired) electrons. The molecule has 0 saturated carbocycles. The normalized spacial score (nSPS) is 12.9. The largest absolute Gasteiger partial charge is 0.463 e. The Balaban J connectivity index is 3.43. The monoisotopic (exact) mass is 204 g/mol. The van der Waals surface area contributed by atoms with Gasteiger partial charge in [-0.1, -0.05) is 20.8 Å². The molecule has 0 aliphatic heterocycles. The summed E-state index contributed by atoms with van der Waals surface area (Å²) in [5.41, 5.74) is 0. The van der Waals surface area contributed by atoms with Crippen LogP contribution in [0.2, 0.25) is 0 Å². The van der Waals surface area contributed by atoms with Gasteiger partial charge in [-0.25, -0.2) is 0 Å². The fourth-order valence-electron chi connectivity index (χ4n) is 0.757. The molecule has 4 heteroatoms. The third-order valence-electron chi connectivity index (χ3n) is 1.55. The van der Waals surface area contributed by atoms with Crippen molar-refractivity contribution >= 4 is 5.97 Å². The van der Waals surface area contributed by atoms with Crippen molar-refractivity contribution in [1.29, 1.82) is 0 Å². The summed E-state index contributed by atoms with van der Waals surface area (Å²) in [6.07, 6.45) is 0.197. The quantitative estimate of drug-likeness (QED) is 0.496. The van der Waals surface area contributed by atoms with Gasteiger partial charge in [0.1, 0.15) is 12.7 Å². The van der Waals surface area contributed by atoms with E-state index in [1.165, 1.54) is 0 Å². The highest BCUT2D eigenvalue weighted by atomic mass is 16.5. The molecule has 0 fully saturated rings. The number of carbonyl (C=O) groups excluding carboxylic acids is 1. The topological polar surface area (TPSA) is 55.8 Å². The molecule has 0 aliphatic rings. The number of hydrogen-bond donors (Lipinski definition) is 1. The molecule has 0 heterocycles. The lowest BCUT2D eigenvalue weighted by Gasteiger charge is -2.12. The van der Waals surface area contributed by atoms with E-state index in [1.54, 1.807) is 13.8 Å². The van der Waals surface area contributed by atoms with Crippen molar-refractivity contribution in [3.63, 3.8) is 0 Å². The number of ether oxygens (including phenoxy) is 2. The molecule has 0 aromatic rings. The van der Waals surface area contributed by atoms with Crippen LogP contribution in [0, 0.1) is 5.92 Å². The Hall–Kier alpha value is -0.610. The number of hydrogen-bond acceptors (Lipinski definition) is 4. The number of esters is 1. The molecule has 0 spiro atoms. The van der Waals surface area contributed by atoms with Gasteiger partial charge >= 0.3 is 5.97 Å². The van der Waals surface area contributed by atoms with Crippen LogP contribution in [0.1, 0.15) is 27.2 Å². The predicted molar refractivity (Wildman–Crippen MR) is 52.9 cm³/mol. The van der Waals surface area contributed by atoms with Crippen LogP contribution >= 0.6 is 0 Å². The van der Waals surface area contributed by atoms with E-state index in [1.807, 2.05) is 6.92 Å². The fraction of sp³-hybridized carbons (Fsp3) is 0.900. The average Bonchev–Trinajstić information content (AvgIpc) is 2.14. The van der Waals surface area contributed by atoms with E-state index in [-0.39, 0.29) is 25.1 Å². The van der Waals surface area contributed by atoms with Crippen molar-refractivity contribution in [2.75, 3.05) is 19.8 Å². The van der Waals surface area contributed by atoms with Gasteiger partial charge in [0.05, 0.1) is 12.5 Å². The van der Waals surface area contributed by atoms with E-state index in [0.29, 0.717) is 6.61 Å². The lowest BCUT2D eigenvalue weighted by molar-refractivity contribution is -0.151. The molecule has 4 nitrogen and oxygen atoms in total. The average molecular weight is 204 g/mol. The first-order chi connectivity index (χ1) is 6.57. The van der Waals surface area contributed by atoms with Gasteiger partial charge in [-0.3, -0.25) is 4.79 Å². The zero-order valence-electron chi connectivity index (χ0n) is 9.16. The first-order valence-corrected chi connectivity index (χ1v) is 5.00. The molecule has 0 rings (SSSR count). The summed E-state index contributed by atoms with van der Waals surface area (Å²) in [5.74, 6) is -0.446. The van der Waals surface area contributed by atoms with Crippen LogP contribution in [0.5, 0.6) is 0 Å². The van der Waals surface area contributed by atoms with Crippen LogP contribution in [0.25, 0.3) is 0 Å². The Labute approximate surface area is 85.2 Å². The Morgan fingerprint density at radius 1 is 1.36 bits per heavy atom. The first-order valence-electron chi connectivity index (χ1n) is 5.00. The lowest BCUT2D eigenvalue weighted by Crippen LogP contribution is -2.25. The highest BCUT2D eigenvalue weighted by Gasteiger charge is 2.11. The van der Waals surface area contributed by atoms with Crippen molar-refractivity contribution < 1.29 is 19.4 Å². The summed E-state index contributed by atoms with van der Waals surface area (Å²) < 4.78 is 9.92. The fourth-order valence-corrected chi connectivity index (χ4v) is 0.757. The molecule has 14 heavy (non-hydrogen) atoms. The van der Waals surface area contributed by atoms with E-state index in [4.69, 9.17) is 9.47 Å². The van der Waals surface area contributed by atoms with Crippen LogP contribution in [-0.4, -0.2) is 37.0 Å². The van der Waals surface area contributed by atoms with Crippen molar-refractivity contribution in [2.24, 2.45) is 5.92 Å². The third kappa shape index (κ3) is 6.86. The molecule has 0 bridgehead atoms. The van der Waals surface area contributed by atoms with Gasteiger partial charge in [-0.15, -0.1) is 0 Å². The van der Waals surface area contributed by atoms with Crippen molar-refractivity contribution in [1.82, 2.24) is 0 Å². The van der Waals surface area contributed by atoms with Crippen LogP contribution in [0.3, 0.4) is 0 Å². The Morgan fingerprint density at radius 2 is 2.00 bits per heavy atom. The van der Waals surface area contributed by atoms with Crippen LogP contribution in [0.15, 0.2) is 0 Å². The Bertz CT molecular complexity index is 156. The first kappa shape index (κ1) is 13.4. The number of carbonyl (C=O) groups is 1. The van der Waals surface area contributed by atoms with Gasteiger partial charge in [0.25, 0.3) is 0 Å². The standard InChI is InChI=1S/C10H20O4/c1-4-5-13-6-9(11)7-14-10(12)8(2)3/h8-9,11H,4-7H2,1-3H3. The van der Waals surface area contributed by atoms with Crippen molar-refractivity contribution in [3.05, 3.63) is 0 Å². The summed E-state index contributed by atoms with van der Waals surface area (Å²) in [5, 5.41) is 9.30. The van der Waals surface area contributed by atoms with Crippen molar-refractivity contribution in [2.45, 2.75) is 33.3 Å². The molecule has 84 valence electrons. The van der Waals surface area contributed by atoms with Crippen LogP contribution < -0.4 is 0 Å². The maximum absolute atomic E-state index is 11.0. The molecule has 0 aliphatic carbocycles. The van der Waals surface area contributed by atoms with E-state index in [0.717, 1.165) is 6.42 Å². The molecular weight excluding hydrogens is 184 g/mol. The lowest BCUT2D eigenvalue weighted by atomic mass is 10.2. The second-order valence-corrected chi connectivity index (χ2v) is 3.51. The minimum absolute atomic E-state index is 0.0146. The predicted octanol–water partition coefficient (Wildman–Crippen LogP) is 0.973. The number of aliphatic hydroxyl groups excluding tert-OH is 1. The summed E-state index contributed by atoms with van der Waals surface area (Å²) in [7, 11) is 0. The van der Waals surface area contributed by atoms with Crippen LogP contribution in [-0.2, 0) is 14.3 Å². The zero-order chi connectivity index (χ0) is 11.0. The zero-order valence-corrected chi connectivity index (χ0v) is 9.16. The smallest absolute Gasteiger partial charge is 0.308 e. The molecule has 0 aromatic heterocycles. The number of aliphatic hydroxyl groups is 1. The SMILES string of the molecule is CCCOCC(O)COC(=O)C(C)C. The van der Waals surface area contributed by atoms with Crippen molar-refractivity contribution in [3.8, 4) is 0 Å². The molecule has 1 atom stereocenters. The van der Waals surface area contributed by atoms with Crippen LogP contribution in [0.4, 0.5) is 0 Å². The highest BCUT2D eigenvalue weighted by molar-refractivity contribution is 5.71. The Morgan fingerprint density at radius 3 is 2.50 bits per heavy atom. The van der Waals surface area contributed by atoms with Gasteiger partial charge in [-0.05, 0) is 6.42 Å². The summed E-state index contributed by atoms with van der Waals surface area (Å²) in [6.45, 7) is 6.35. The van der Waals surface area contributed by atoms with Gasteiger partial charge in [0.2, 0.25) is 0 Å². The van der Waals surface area contributed by atoms with Gasteiger partial charge in [0, 0.05) is 6.61 Å². The molecule has 0 aromatic carbocycles. The summed E-state index contributed by atoms with van der Waals surface area (Å²) in [4.78, 5) is 11.0. The summed E-state index contributed by atoms with van der Waals surface area (Å²) in [6, 6.07) is 0. The second kappa shape index (κ2) is 7.76. The maximum Gasteiger partial charge on any atom is 0.308 e.